The number of benzene rings is 1. The van der Waals surface area contributed by atoms with Crippen LogP contribution < -0.4 is 15.8 Å². The highest BCUT2D eigenvalue weighted by Gasteiger charge is 2.17. The molecular formula is C12H10ClFN4O2. The molecule has 8 heteroatoms. The molecule has 0 aliphatic carbocycles. The molecule has 0 spiro atoms. The number of anilines is 2. The van der Waals surface area contributed by atoms with Crippen LogP contribution in [0.15, 0.2) is 24.5 Å². The molecule has 0 aliphatic heterocycles. The van der Waals surface area contributed by atoms with E-state index in [1.54, 1.807) is 0 Å². The van der Waals surface area contributed by atoms with Gasteiger partial charge in [-0.2, -0.15) is 0 Å². The number of nitrogens with zero attached hydrogens (tertiary/aromatic N) is 2. The molecule has 0 atom stereocenters. The molecule has 1 amide bonds. The van der Waals surface area contributed by atoms with Gasteiger partial charge in [0.1, 0.15) is 34.4 Å². The van der Waals surface area contributed by atoms with E-state index in [0.29, 0.717) is 0 Å². The van der Waals surface area contributed by atoms with Gasteiger partial charge in [0.15, 0.2) is 0 Å². The van der Waals surface area contributed by atoms with Gasteiger partial charge in [-0.3, -0.25) is 4.79 Å². The summed E-state index contributed by atoms with van der Waals surface area (Å²) in [6, 6.07) is 3.77. The van der Waals surface area contributed by atoms with Gasteiger partial charge in [-0.05, 0) is 6.07 Å². The van der Waals surface area contributed by atoms with Crippen LogP contribution in [0, 0.1) is 5.82 Å². The molecule has 0 aliphatic rings. The SMILES string of the molecule is COc1cc(F)cc(NC(=O)c2c(N)ncnc2Cl)c1. The lowest BCUT2D eigenvalue weighted by molar-refractivity contribution is 0.102. The number of nitrogens with one attached hydrogen (secondary N) is 1. The number of ether oxygens (including phenoxy) is 1. The summed E-state index contributed by atoms with van der Waals surface area (Å²) in [6.07, 6.45) is 1.14. The number of amides is 1. The molecular weight excluding hydrogens is 287 g/mol. The zero-order valence-corrected chi connectivity index (χ0v) is 11.1. The van der Waals surface area contributed by atoms with Crippen molar-refractivity contribution in [1.82, 2.24) is 9.97 Å². The minimum absolute atomic E-state index is 0.0640. The standard InChI is InChI=1S/C12H10ClFN4O2/c1-20-8-3-6(14)2-7(4-8)18-12(19)9-10(13)16-5-17-11(9)15/h2-5H,1H3,(H,18,19)(H2,15,16,17). The molecule has 104 valence electrons. The summed E-state index contributed by atoms with van der Waals surface area (Å²) in [5, 5.41) is 2.37. The van der Waals surface area contributed by atoms with Crippen molar-refractivity contribution < 1.29 is 13.9 Å². The Hall–Kier alpha value is -2.41. The molecule has 2 rings (SSSR count). The number of halogens is 2. The van der Waals surface area contributed by atoms with Crippen LogP contribution in [0.5, 0.6) is 5.75 Å². The number of nitrogens with two attached hydrogens (primary N) is 1. The second kappa shape index (κ2) is 5.70. The number of hydrogen-bond acceptors (Lipinski definition) is 5. The molecule has 0 fully saturated rings. The smallest absolute Gasteiger partial charge is 0.262 e. The first-order chi connectivity index (χ1) is 9.51. The Morgan fingerprint density at radius 2 is 2.15 bits per heavy atom. The second-order valence-corrected chi connectivity index (χ2v) is 4.12. The fourth-order valence-corrected chi connectivity index (χ4v) is 1.76. The maximum absolute atomic E-state index is 13.3. The van der Waals surface area contributed by atoms with Crippen molar-refractivity contribution in [2.24, 2.45) is 0 Å². The summed E-state index contributed by atoms with van der Waals surface area (Å²) in [4.78, 5) is 19.4. The molecule has 2 aromatic rings. The maximum Gasteiger partial charge on any atom is 0.262 e. The van der Waals surface area contributed by atoms with Crippen LogP contribution in [0.4, 0.5) is 15.9 Å². The van der Waals surface area contributed by atoms with Gasteiger partial charge < -0.3 is 15.8 Å². The van der Waals surface area contributed by atoms with E-state index in [0.717, 1.165) is 12.4 Å². The Bertz CT molecular complexity index is 646. The van der Waals surface area contributed by atoms with Crippen LogP contribution in [-0.4, -0.2) is 23.0 Å². The van der Waals surface area contributed by atoms with Crippen molar-refractivity contribution in [3.05, 3.63) is 41.1 Å². The number of carbonyl (C=O) groups excluding carboxylic acids is 1. The van der Waals surface area contributed by atoms with Gasteiger partial charge in [0, 0.05) is 17.8 Å². The topological polar surface area (TPSA) is 90.1 Å². The van der Waals surface area contributed by atoms with E-state index in [4.69, 9.17) is 22.1 Å². The van der Waals surface area contributed by atoms with E-state index < -0.39 is 11.7 Å². The monoisotopic (exact) mass is 296 g/mol. The van der Waals surface area contributed by atoms with Gasteiger partial charge in [-0.1, -0.05) is 11.6 Å². The van der Waals surface area contributed by atoms with Crippen molar-refractivity contribution in [3.63, 3.8) is 0 Å². The first-order valence-corrected chi connectivity index (χ1v) is 5.81. The predicted molar refractivity (Wildman–Crippen MR) is 72.4 cm³/mol. The van der Waals surface area contributed by atoms with Crippen LogP contribution in [-0.2, 0) is 0 Å². The normalized spacial score (nSPS) is 10.2. The van der Waals surface area contributed by atoms with Crippen molar-refractivity contribution >= 4 is 29.0 Å². The Morgan fingerprint density at radius 1 is 1.40 bits per heavy atom. The Labute approximate surface area is 118 Å². The molecule has 0 saturated carbocycles. The molecule has 1 aromatic heterocycles. The molecule has 1 aromatic carbocycles. The fraction of sp³-hybridized carbons (Fsp3) is 0.0833. The number of methoxy groups -OCH3 is 1. The van der Waals surface area contributed by atoms with E-state index in [2.05, 4.69) is 15.3 Å². The average molecular weight is 297 g/mol. The van der Waals surface area contributed by atoms with Gasteiger partial charge in [-0.15, -0.1) is 0 Å². The maximum atomic E-state index is 13.3. The fourth-order valence-electron chi connectivity index (χ4n) is 1.53. The molecule has 20 heavy (non-hydrogen) atoms. The highest BCUT2D eigenvalue weighted by molar-refractivity contribution is 6.34. The summed E-state index contributed by atoms with van der Waals surface area (Å²) in [5.74, 6) is -0.988. The number of carbonyl (C=O) groups is 1. The summed E-state index contributed by atoms with van der Waals surface area (Å²) in [7, 11) is 1.39. The van der Waals surface area contributed by atoms with Crippen LogP contribution in [0.1, 0.15) is 10.4 Å². The van der Waals surface area contributed by atoms with E-state index in [1.165, 1.54) is 19.2 Å². The minimum Gasteiger partial charge on any atom is -0.497 e. The van der Waals surface area contributed by atoms with Crippen molar-refractivity contribution in [2.45, 2.75) is 0 Å². The minimum atomic E-state index is -0.638. The third-order valence-corrected chi connectivity index (χ3v) is 2.71. The zero-order valence-electron chi connectivity index (χ0n) is 10.4. The third-order valence-electron chi connectivity index (χ3n) is 2.42. The van der Waals surface area contributed by atoms with Gasteiger partial charge in [-0.25, -0.2) is 14.4 Å². The van der Waals surface area contributed by atoms with Gasteiger partial charge in [0.05, 0.1) is 7.11 Å². The number of nitrogen functional groups attached to an aromatic ring is 1. The Balaban J connectivity index is 2.30. The van der Waals surface area contributed by atoms with Crippen LogP contribution in [0.25, 0.3) is 0 Å². The van der Waals surface area contributed by atoms with Gasteiger partial charge in [0.25, 0.3) is 5.91 Å². The van der Waals surface area contributed by atoms with E-state index in [-0.39, 0.29) is 28.0 Å². The van der Waals surface area contributed by atoms with E-state index in [9.17, 15) is 9.18 Å². The van der Waals surface area contributed by atoms with Crippen LogP contribution in [0.2, 0.25) is 5.15 Å². The van der Waals surface area contributed by atoms with Gasteiger partial charge >= 0.3 is 0 Å². The highest BCUT2D eigenvalue weighted by atomic mass is 35.5. The molecule has 6 nitrogen and oxygen atoms in total. The van der Waals surface area contributed by atoms with Crippen LogP contribution in [0.3, 0.4) is 0 Å². The molecule has 0 bridgehead atoms. The van der Waals surface area contributed by atoms with E-state index in [1.807, 2.05) is 0 Å². The molecule has 3 N–H and O–H groups in total. The number of aromatic nitrogens is 2. The first kappa shape index (κ1) is 14.0. The summed E-state index contributed by atoms with van der Waals surface area (Å²) in [6.45, 7) is 0. The lowest BCUT2D eigenvalue weighted by atomic mass is 10.2. The van der Waals surface area contributed by atoms with Crippen molar-refractivity contribution in [2.75, 3.05) is 18.2 Å². The molecule has 0 saturated heterocycles. The van der Waals surface area contributed by atoms with E-state index >= 15 is 0 Å². The molecule has 0 unspecified atom stereocenters. The van der Waals surface area contributed by atoms with Gasteiger partial charge in [0.2, 0.25) is 0 Å². The Morgan fingerprint density at radius 3 is 2.80 bits per heavy atom. The van der Waals surface area contributed by atoms with Crippen molar-refractivity contribution in [3.8, 4) is 5.75 Å². The highest BCUT2D eigenvalue weighted by Crippen LogP contribution is 2.22. The van der Waals surface area contributed by atoms with Crippen LogP contribution >= 0.6 is 11.6 Å². The summed E-state index contributed by atoms with van der Waals surface area (Å²) in [5.41, 5.74) is 5.70. The summed E-state index contributed by atoms with van der Waals surface area (Å²) >= 11 is 5.79. The Kier molecular flexibility index (Phi) is 3.99. The lowest BCUT2D eigenvalue weighted by Crippen LogP contribution is -2.16. The quantitative estimate of drug-likeness (QED) is 0.847. The number of hydrogen-bond donors (Lipinski definition) is 2. The lowest BCUT2D eigenvalue weighted by Gasteiger charge is -2.09. The molecule has 0 radical (unpaired) electrons. The second-order valence-electron chi connectivity index (χ2n) is 3.76. The molecule has 1 heterocycles. The third kappa shape index (κ3) is 2.94. The summed E-state index contributed by atoms with van der Waals surface area (Å²) < 4.78 is 18.2. The van der Waals surface area contributed by atoms with Crippen molar-refractivity contribution in [1.29, 1.82) is 0 Å². The zero-order chi connectivity index (χ0) is 14.7. The average Bonchev–Trinajstić information content (AvgIpc) is 2.37. The predicted octanol–water partition coefficient (Wildman–Crippen LogP) is 2.11. The number of rotatable bonds is 3. The first-order valence-electron chi connectivity index (χ1n) is 5.43. The largest absolute Gasteiger partial charge is 0.497 e.